The van der Waals surface area contributed by atoms with Gasteiger partial charge in [0.1, 0.15) is 0 Å². The lowest BCUT2D eigenvalue weighted by Crippen LogP contribution is -2.42. The van der Waals surface area contributed by atoms with Gasteiger partial charge in [-0.15, -0.1) is 0 Å². The molecule has 0 amide bonds. The number of aromatic nitrogens is 2. The molecule has 2 unspecified atom stereocenters. The van der Waals surface area contributed by atoms with Gasteiger partial charge in [0.25, 0.3) is 5.56 Å². The second kappa shape index (κ2) is 5.90. The maximum atomic E-state index is 12.0. The third kappa shape index (κ3) is 2.56. The Kier molecular flexibility index (Phi) is 4.42. The number of nitrogens with one attached hydrogen (secondary N) is 2. The number of ether oxygens (including phenoxy) is 2. The van der Waals surface area contributed by atoms with Gasteiger partial charge in [0.05, 0.1) is 18.8 Å². The van der Waals surface area contributed by atoms with Crippen molar-refractivity contribution in [2.75, 3.05) is 20.8 Å². The zero-order valence-corrected chi connectivity index (χ0v) is 12.2. The summed E-state index contributed by atoms with van der Waals surface area (Å²) in [5.74, 6) is 0.184. The molecule has 1 aromatic rings. The second-order valence-electron chi connectivity index (χ2n) is 5.17. The molecule has 1 aliphatic rings. The Balaban J connectivity index is 2.39. The van der Waals surface area contributed by atoms with Crippen LogP contribution in [0.4, 0.5) is 0 Å². The lowest BCUT2D eigenvalue weighted by Gasteiger charge is -2.22. The monoisotopic (exact) mass is 283 g/mol. The van der Waals surface area contributed by atoms with E-state index in [1.54, 1.807) is 14.0 Å². The summed E-state index contributed by atoms with van der Waals surface area (Å²) in [6.45, 7) is 4.18. The predicted octanol–water partition coefficient (Wildman–Crippen LogP) is -0.387. The van der Waals surface area contributed by atoms with Crippen LogP contribution in [-0.2, 0) is 9.47 Å². The first kappa shape index (κ1) is 15.0. The van der Waals surface area contributed by atoms with Crippen LogP contribution >= 0.6 is 0 Å². The minimum Gasteiger partial charge on any atom is -0.382 e. The van der Waals surface area contributed by atoms with Crippen molar-refractivity contribution in [2.24, 2.45) is 5.92 Å². The molecule has 2 heterocycles. The molecule has 1 aromatic heterocycles. The van der Waals surface area contributed by atoms with Gasteiger partial charge >= 0.3 is 5.69 Å². The number of rotatable bonds is 4. The number of hydrogen-bond acceptors (Lipinski definition) is 5. The highest BCUT2D eigenvalue weighted by Crippen LogP contribution is 2.32. The SMILES string of the molecule is CNC1C(C)[C@@H](COC)O[C@H]1n1cc(C)c(=O)[nH]c1=O. The van der Waals surface area contributed by atoms with E-state index in [2.05, 4.69) is 17.2 Å². The number of hydrogen-bond donors (Lipinski definition) is 2. The molecule has 1 aliphatic heterocycles. The van der Waals surface area contributed by atoms with Crippen LogP contribution in [0.25, 0.3) is 0 Å². The summed E-state index contributed by atoms with van der Waals surface area (Å²) in [7, 11) is 3.45. The van der Waals surface area contributed by atoms with E-state index in [0.29, 0.717) is 12.2 Å². The first-order valence-corrected chi connectivity index (χ1v) is 6.63. The minimum absolute atomic E-state index is 0.0295. The fourth-order valence-corrected chi connectivity index (χ4v) is 2.65. The fraction of sp³-hybridized carbons (Fsp3) is 0.692. The van der Waals surface area contributed by atoms with Crippen LogP contribution in [0.1, 0.15) is 18.7 Å². The molecule has 4 atom stereocenters. The van der Waals surface area contributed by atoms with Gasteiger partial charge in [0.15, 0.2) is 6.23 Å². The van der Waals surface area contributed by atoms with Crippen molar-refractivity contribution in [3.63, 3.8) is 0 Å². The van der Waals surface area contributed by atoms with Crippen LogP contribution in [0.5, 0.6) is 0 Å². The molecule has 0 spiro atoms. The molecule has 112 valence electrons. The lowest BCUT2D eigenvalue weighted by atomic mass is 9.98. The molecular weight excluding hydrogens is 262 g/mol. The zero-order chi connectivity index (χ0) is 14.9. The van der Waals surface area contributed by atoms with Gasteiger partial charge < -0.3 is 14.8 Å². The summed E-state index contributed by atoms with van der Waals surface area (Å²) in [5.41, 5.74) is -0.353. The average Bonchev–Trinajstić information content (AvgIpc) is 2.71. The second-order valence-corrected chi connectivity index (χ2v) is 5.17. The molecule has 0 aromatic carbocycles. The highest BCUT2D eigenvalue weighted by molar-refractivity contribution is 5.03. The summed E-state index contributed by atoms with van der Waals surface area (Å²) in [6.07, 6.45) is 0.984. The maximum Gasteiger partial charge on any atom is 0.330 e. The molecule has 2 N–H and O–H groups in total. The van der Waals surface area contributed by atoms with E-state index >= 15 is 0 Å². The van der Waals surface area contributed by atoms with Crippen molar-refractivity contribution in [2.45, 2.75) is 32.2 Å². The normalized spacial score (nSPS) is 29.8. The lowest BCUT2D eigenvalue weighted by molar-refractivity contribution is -0.0435. The molecule has 7 nitrogen and oxygen atoms in total. The number of aromatic amines is 1. The van der Waals surface area contributed by atoms with E-state index in [9.17, 15) is 9.59 Å². The van der Waals surface area contributed by atoms with Gasteiger partial charge in [-0.25, -0.2) is 4.79 Å². The van der Waals surface area contributed by atoms with Crippen LogP contribution in [0, 0.1) is 12.8 Å². The summed E-state index contributed by atoms with van der Waals surface area (Å²) < 4.78 is 12.5. The van der Waals surface area contributed by atoms with E-state index in [4.69, 9.17) is 9.47 Å². The van der Waals surface area contributed by atoms with Gasteiger partial charge in [0.2, 0.25) is 0 Å². The number of nitrogens with zero attached hydrogens (tertiary/aromatic N) is 1. The molecule has 0 radical (unpaired) electrons. The molecule has 7 heteroatoms. The summed E-state index contributed by atoms with van der Waals surface area (Å²) in [4.78, 5) is 25.7. The van der Waals surface area contributed by atoms with Crippen LogP contribution in [0.3, 0.4) is 0 Å². The van der Waals surface area contributed by atoms with E-state index in [1.807, 2.05) is 7.05 Å². The Bertz CT molecular complexity index is 580. The zero-order valence-electron chi connectivity index (χ0n) is 12.2. The third-order valence-corrected chi connectivity index (χ3v) is 3.86. The number of methoxy groups -OCH3 is 1. The average molecular weight is 283 g/mol. The van der Waals surface area contributed by atoms with Gasteiger partial charge in [-0.3, -0.25) is 14.3 Å². The number of H-pyrrole nitrogens is 1. The van der Waals surface area contributed by atoms with Crippen LogP contribution < -0.4 is 16.6 Å². The molecule has 1 fully saturated rings. The highest BCUT2D eigenvalue weighted by Gasteiger charge is 2.42. The van der Waals surface area contributed by atoms with Crippen molar-refractivity contribution < 1.29 is 9.47 Å². The van der Waals surface area contributed by atoms with E-state index in [-0.39, 0.29) is 23.6 Å². The smallest absolute Gasteiger partial charge is 0.330 e. The Morgan fingerprint density at radius 2 is 2.20 bits per heavy atom. The largest absolute Gasteiger partial charge is 0.382 e. The van der Waals surface area contributed by atoms with Crippen molar-refractivity contribution in [3.8, 4) is 0 Å². The summed E-state index contributed by atoms with van der Waals surface area (Å²) >= 11 is 0. The summed E-state index contributed by atoms with van der Waals surface area (Å²) in [6, 6.07) is -0.0295. The minimum atomic E-state index is -0.462. The van der Waals surface area contributed by atoms with Crippen molar-refractivity contribution in [1.29, 1.82) is 0 Å². The van der Waals surface area contributed by atoms with Crippen LogP contribution in [-0.4, -0.2) is 42.5 Å². The Morgan fingerprint density at radius 3 is 2.80 bits per heavy atom. The third-order valence-electron chi connectivity index (χ3n) is 3.86. The molecule has 1 saturated heterocycles. The van der Waals surface area contributed by atoms with Gasteiger partial charge in [-0.2, -0.15) is 0 Å². The molecule has 0 aliphatic carbocycles. The molecular formula is C13H21N3O4. The Morgan fingerprint density at radius 1 is 1.50 bits per heavy atom. The number of likely N-dealkylation sites (N-methyl/N-ethyl adjacent to an activating group) is 1. The predicted molar refractivity (Wildman–Crippen MR) is 73.9 cm³/mol. The van der Waals surface area contributed by atoms with Gasteiger partial charge in [-0.05, 0) is 14.0 Å². The van der Waals surface area contributed by atoms with Crippen molar-refractivity contribution in [3.05, 3.63) is 32.6 Å². The maximum absolute atomic E-state index is 12.0. The molecule has 2 rings (SSSR count). The van der Waals surface area contributed by atoms with Crippen molar-refractivity contribution >= 4 is 0 Å². The summed E-state index contributed by atoms with van der Waals surface area (Å²) in [5, 5.41) is 3.18. The first-order valence-electron chi connectivity index (χ1n) is 6.63. The van der Waals surface area contributed by atoms with E-state index in [1.165, 1.54) is 10.8 Å². The van der Waals surface area contributed by atoms with Crippen LogP contribution in [0.15, 0.2) is 15.8 Å². The van der Waals surface area contributed by atoms with E-state index in [0.717, 1.165) is 0 Å². The molecule has 0 bridgehead atoms. The molecule has 20 heavy (non-hydrogen) atoms. The van der Waals surface area contributed by atoms with E-state index < -0.39 is 11.9 Å². The van der Waals surface area contributed by atoms with Crippen molar-refractivity contribution in [1.82, 2.24) is 14.9 Å². The quantitative estimate of drug-likeness (QED) is 0.786. The number of aryl methyl sites for hydroxylation is 1. The Hall–Kier alpha value is -1.44. The van der Waals surface area contributed by atoms with Crippen LogP contribution in [0.2, 0.25) is 0 Å². The standard InChI is InChI=1S/C13H21N3O4/c1-7-5-16(13(18)15-11(7)17)12-10(14-3)8(2)9(20-12)6-19-4/h5,8-10,12,14H,6H2,1-4H3,(H,15,17,18)/t8?,9-,10?,12-/m1/s1. The van der Waals surface area contributed by atoms with Gasteiger partial charge in [0, 0.05) is 24.8 Å². The Labute approximate surface area is 116 Å². The topological polar surface area (TPSA) is 85.3 Å². The van der Waals surface area contributed by atoms with Gasteiger partial charge in [-0.1, -0.05) is 6.92 Å². The molecule has 0 saturated carbocycles. The fourth-order valence-electron chi connectivity index (χ4n) is 2.65. The first-order chi connectivity index (χ1) is 9.49. The highest BCUT2D eigenvalue weighted by atomic mass is 16.5.